The van der Waals surface area contributed by atoms with Gasteiger partial charge in [-0.05, 0) is 19.8 Å². The van der Waals surface area contributed by atoms with E-state index >= 15 is 0 Å². The Balaban J connectivity index is 1.74. The molecule has 0 aliphatic heterocycles. The van der Waals surface area contributed by atoms with E-state index in [2.05, 4.69) is 10.3 Å². The molecule has 2 heterocycles. The van der Waals surface area contributed by atoms with Gasteiger partial charge in [0.05, 0.1) is 13.3 Å². The third-order valence-corrected chi connectivity index (χ3v) is 6.55. The smallest absolute Gasteiger partial charge is 0.240 e. The molecule has 1 fully saturated rings. The first-order valence-electron chi connectivity index (χ1n) is 8.67. The number of pyridine rings is 1. The van der Waals surface area contributed by atoms with Gasteiger partial charge in [-0.25, -0.2) is 4.98 Å². The number of aryl methyl sites for hydroxylation is 1. The number of hydrogen-bond acceptors (Lipinski definition) is 6. The van der Waals surface area contributed by atoms with Crippen molar-refractivity contribution in [2.24, 2.45) is 0 Å². The lowest BCUT2D eigenvalue weighted by atomic mass is 10.2. The molecule has 1 aliphatic carbocycles. The van der Waals surface area contributed by atoms with E-state index in [9.17, 15) is 9.59 Å². The maximum atomic E-state index is 12.4. The van der Waals surface area contributed by atoms with Crippen LogP contribution in [0.15, 0.2) is 26.8 Å². The summed E-state index contributed by atoms with van der Waals surface area (Å²) in [7, 11) is 1.46. The molecule has 0 atom stereocenters. The summed E-state index contributed by atoms with van der Waals surface area (Å²) in [4.78, 5) is 29.0. The Kier molecular flexibility index (Phi) is 6.37. The Hall–Kier alpha value is -1.80. The quantitative estimate of drug-likeness (QED) is 0.732. The molecule has 0 bridgehead atoms. The Morgan fingerprint density at radius 3 is 2.88 bits per heavy atom. The molecule has 0 unspecified atom stereocenters. The van der Waals surface area contributed by atoms with Gasteiger partial charge < -0.3 is 14.6 Å². The minimum atomic E-state index is -0.175. The summed E-state index contributed by atoms with van der Waals surface area (Å²) in [5.41, 5.74) is 1.60. The number of aromatic nitrogens is 2. The molecule has 8 heteroatoms. The van der Waals surface area contributed by atoms with Crippen LogP contribution in [0.25, 0.3) is 0 Å². The predicted molar refractivity (Wildman–Crippen MR) is 104 cm³/mol. The molecule has 0 saturated heterocycles. The van der Waals surface area contributed by atoms with Gasteiger partial charge in [-0.15, -0.1) is 11.3 Å². The van der Waals surface area contributed by atoms with E-state index in [-0.39, 0.29) is 29.7 Å². The van der Waals surface area contributed by atoms with Crippen LogP contribution < -0.4 is 15.5 Å². The number of carbonyl (C=O) groups excluding carboxylic acids is 1. The van der Waals surface area contributed by atoms with Crippen LogP contribution in [0, 0.1) is 6.92 Å². The third-order valence-electron chi connectivity index (χ3n) is 4.38. The largest absolute Gasteiger partial charge is 0.491 e. The normalized spacial score (nSPS) is 14.5. The van der Waals surface area contributed by atoms with Crippen LogP contribution in [0.4, 0.5) is 0 Å². The van der Waals surface area contributed by atoms with Gasteiger partial charge in [0.1, 0.15) is 10.9 Å². The molecule has 0 radical (unpaired) electrons. The highest BCUT2D eigenvalue weighted by Crippen LogP contribution is 2.26. The molecule has 0 spiro atoms. The first-order valence-corrected chi connectivity index (χ1v) is 10.5. The third kappa shape index (κ3) is 4.88. The Morgan fingerprint density at radius 2 is 2.23 bits per heavy atom. The molecule has 2 aromatic heterocycles. The van der Waals surface area contributed by atoms with Crippen molar-refractivity contribution in [1.29, 1.82) is 0 Å². The van der Waals surface area contributed by atoms with Crippen LogP contribution in [0.2, 0.25) is 0 Å². The number of nitrogens with zero attached hydrogens (tertiary/aromatic N) is 2. The van der Waals surface area contributed by atoms with E-state index in [1.165, 1.54) is 20.0 Å². The highest BCUT2D eigenvalue weighted by molar-refractivity contribution is 8.00. The summed E-state index contributed by atoms with van der Waals surface area (Å²) in [5, 5.41) is 5.09. The Morgan fingerprint density at radius 1 is 1.46 bits per heavy atom. The van der Waals surface area contributed by atoms with Gasteiger partial charge in [0.2, 0.25) is 11.3 Å². The van der Waals surface area contributed by atoms with Crippen LogP contribution in [0.1, 0.15) is 37.1 Å². The fraction of sp³-hybridized carbons (Fsp3) is 0.500. The van der Waals surface area contributed by atoms with E-state index in [4.69, 9.17) is 4.74 Å². The SMILES string of the molecule is COc1cn(CC(=O)NC2CCCC2)c(CSc2nc(C)cs2)cc1=O. The van der Waals surface area contributed by atoms with Crippen LogP contribution >= 0.6 is 23.1 Å². The topological polar surface area (TPSA) is 73.2 Å². The number of thiazole rings is 1. The van der Waals surface area contributed by atoms with Crippen LogP contribution in [-0.2, 0) is 17.1 Å². The number of ether oxygens (including phenoxy) is 1. The number of thioether (sulfide) groups is 1. The second-order valence-corrected chi connectivity index (χ2v) is 8.50. The van der Waals surface area contributed by atoms with Gasteiger partial charge in [0.15, 0.2) is 5.75 Å². The molecule has 140 valence electrons. The molecule has 1 amide bonds. The predicted octanol–water partition coefficient (Wildman–Crippen LogP) is 2.97. The van der Waals surface area contributed by atoms with Crippen molar-refractivity contribution in [1.82, 2.24) is 14.9 Å². The van der Waals surface area contributed by atoms with Crippen molar-refractivity contribution in [3.63, 3.8) is 0 Å². The first kappa shape index (κ1) is 19.0. The zero-order chi connectivity index (χ0) is 18.5. The molecule has 3 rings (SSSR count). The lowest BCUT2D eigenvalue weighted by molar-refractivity contribution is -0.122. The van der Waals surface area contributed by atoms with Crippen molar-refractivity contribution in [3.8, 4) is 5.75 Å². The zero-order valence-corrected chi connectivity index (χ0v) is 16.6. The minimum absolute atomic E-state index is 0.0288. The summed E-state index contributed by atoms with van der Waals surface area (Å²) in [5.74, 6) is 0.791. The lowest BCUT2D eigenvalue weighted by Crippen LogP contribution is -2.35. The summed E-state index contributed by atoms with van der Waals surface area (Å²) in [6.45, 7) is 2.14. The summed E-state index contributed by atoms with van der Waals surface area (Å²) >= 11 is 3.15. The minimum Gasteiger partial charge on any atom is -0.491 e. The number of carbonyl (C=O) groups is 1. The molecular weight excluding hydrogens is 370 g/mol. The van der Waals surface area contributed by atoms with E-state index in [0.717, 1.165) is 28.6 Å². The van der Waals surface area contributed by atoms with Crippen LogP contribution in [-0.4, -0.2) is 28.6 Å². The highest BCUT2D eigenvalue weighted by Gasteiger charge is 2.18. The van der Waals surface area contributed by atoms with E-state index in [1.807, 2.05) is 12.3 Å². The molecule has 1 saturated carbocycles. The molecule has 0 aromatic carbocycles. The van der Waals surface area contributed by atoms with Crippen LogP contribution in [0.5, 0.6) is 5.75 Å². The molecular formula is C18H23N3O3S2. The average Bonchev–Trinajstić information content (AvgIpc) is 3.26. The zero-order valence-electron chi connectivity index (χ0n) is 15.0. The van der Waals surface area contributed by atoms with Gasteiger partial charge in [-0.1, -0.05) is 24.6 Å². The second kappa shape index (κ2) is 8.73. The summed E-state index contributed by atoms with van der Waals surface area (Å²) in [6, 6.07) is 1.83. The second-order valence-electron chi connectivity index (χ2n) is 6.42. The summed E-state index contributed by atoms with van der Waals surface area (Å²) < 4.78 is 7.89. The fourth-order valence-corrected chi connectivity index (χ4v) is 4.89. The first-order chi connectivity index (χ1) is 12.5. The van der Waals surface area contributed by atoms with Gasteiger partial charge in [-0.2, -0.15) is 0 Å². The monoisotopic (exact) mass is 393 g/mol. The molecule has 1 N–H and O–H groups in total. The van der Waals surface area contributed by atoms with Gasteiger partial charge in [0.25, 0.3) is 0 Å². The van der Waals surface area contributed by atoms with Gasteiger partial charge in [-0.3, -0.25) is 9.59 Å². The number of methoxy groups -OCH3 is 1. The van der Waals surface area contributed by atoms with E-state index < -0.39 is 0 Å². The van der Waals surface area contributed by atoms with Crippen molar-refractivity contribution in [2.75, 3.05) is 7.11 Å². The molecule has 6 nitrogen and oxygen atoms in total. The van der Waals surface area contributed by atoms with Gasteiger partial charge in [0, 0.05) is 34.6 Å². The molecule has 26 heavy (non-hydrogen) atoms. The number of amides is 1. The maximum absolute atomic E-state index is 12.4. The summed E-state index contributed by atoms with van der Waals surface area (Å²) in [6.07, 6.45) is 6.06. The number of hydrogen-bond donors (Lipinski definition) is 1. The maximum Gasteiger partial charge on any atom is 0.240 e. The van der Waals surface area contributed by atoms with E-state index in [1.54, 1.807) is 39.9 Å². The van der Waals surface area contributed by atoms with Crippen molar-refractivity contribution in [2.45, 2.75) is 55.3 Å². The fourth-order valence-electron chi connectivity index (χ4n) is 3.05. The molecule has 2 aromatic rings. The molecule has 1 aliphatic rings. The lowest BCUT2D eigenvalue weighted by Gasteiger charge is -2.16. The number of nitrogens with one attached hydrogen (secondary N) is 1. The average molecular weight is 394 g/mol. The van der Waals surface area contributed by atoms with Crippen LogP contribution in [0.3, 0.4) is 0 Å². The van der Waals surface area contributed by atoms with E-state index in [0.29, 0.717) is 5.75 Å². The van der Waals surface area contributed by atoms with Crippen molar-refractivity contribution in [3.05, 3.63) is 39.3 Å². The standard InChI is InChI=1S/C18H23N3O3S2/c1-12-10-25-18(19-12)26-11-14-7-15(22)16(24-2)8-21(14)9-17(23)20-13-5-3-4-6-13/h7-8,10,13H,3-6,9,11H2,1-2H3,(H,20,23). The van der Waals surface area contributed by atoms with Crippen molar-refractivity contribution >= 4 is 29.0 Å². The van der Waals surface area contributed by atoms with Crippen molar-refractivity contribution < 1.29 is 9.53 Å². The Labute approximate surface area is 161 Å². The Bertz CT molecular complexity index is 825. The number of rotatable bonds is 7. The van der Waals surface area contributed by atoms with Gasteiger partial charge >= 0.3 is 0 Å². The highest BCUT2D eigenvalue weighted by atomic mass is 32.2.